The summed E-state index contributed by atoms with van der Waals surface area (Å²) in [5.41, 5.74) is 5.80. The molecule has 1 heterocycles. The summed E-state index contributed by atoms with van der Waals surface area (Å²) >= 11 is 18.2. The Hall–Kier alpha value is -2.25. The van der Waals surface area contributed by atoms with E-state index in [0.717, 1.165) is 22.2 Å². The highest BCUT2D eigenvalue weighted by Crippen LogP contribution is 2.37. The number of aromatic nitrogens is 2. The van der Waals surface area contributed by atoms with Crippen molar-refractivity contribution >= 4 is 61.5 Å². The first-order chi connectivity index (χ1) is 15.1. The standard InChI is InChI=1S/C23H20Cl3N3O2S/c1-13-5-4-6-16(9-13)11-29-12-27-23-18(29)10-14(2)15(3)22(23)28-32(30,31)19-8-7-17(24)20(25)21(19)26/h4-10,12,28H,11H2,1-3H3. The summed E-state index contributed by atoms with van der Waals surface area (Å²) in [6.45, 7) is 6.45. The quantitative estimate of drug-likeness (QED) is 0.303. The van der Waals surface area contributed by atoms with E-state index in [0.29, 0.717) is 17.7 Å². The number of nitrogens with one attached hydrogen (secondary N) is 1. The molecule has 1 N–H and O–H groups in total. The average Bonchev–Trinajstić information content (AvgIpc) is 3.11. The van der Waals surface area contributed by atoms with Gasteiger partial charge >= 0.3 is 0 Å². The van der Waals surface area contributed by atoms with Crippen LogP contribution in [0.15, 0.2) is 53.7 Å². The molecule has 0 aliphatic heterocycles. The summed E-state index contributed by atoms with van der Waals surface area (Å²) in [6.07, 6.45) is 1.72. The van der Waals surface area contributed by atoms with Crippen molar-refractivity contribution in [2.45, 2.75) is 32.2 Å². The Morgan fingerprint density at radius 2 is 1.75 bits per heavy atom. The van der Waals surface area contributed by atoms with Crippen LogP contribution in [0.1, 0.15) is 22.3 Å². The first-order valence-electron chi connectivity index (χ1n) is 9.75. The zero-order valence-electron chi connectivity index (χ0n) is 17.6. The molecule has 4 rings (SSSR count). The number of nitrogens with zero attached hydrogens (tertiary/aromatic N) is 2. The van der Waals surface area contributed by atoms with E-state index in [1.807, 2.05) is 43.5 Å². The molecular weight excluding hydrogens is 489 g/mol. The van der Waals surface area contributed by atoms with Crippen molar-refractivity contribution in [1.82, 2.24) is 9.55 Å². The Labute approximate surface area is 202 Å². The fraction of sp³-hybridized carbons (Fsp3) is 0.174. The van der Waals surface area contributed by atoms with Crippen molar-refractivity contribution in [1.29, 1.82) is 0 Å². The molecule has 3 aromatic carbocycles. The van der Waals surface area contributed by atoms with E-state index >= 15 is 0 Å². The van der Waals surface area contributed by atoms with Crippen LogP contribution in [0.5, 0.6) is 0 Å². The van der Waals surface area contributed by atoms with E-state index in [1.54, 1.807) is 6.33 Å². The average molecular weight is 509 g/mol. The first-order valence-corrected chi connectivity index (χ1v) is 12.4. The third-order valence-corrected chi connectivity index (χ3v) is 8.19. The number of sulfonamides is 1. The summed E-state index contributed by atoms with van der Waals surface area (Å²) in [4.78, 5) is 4.38. The highest BCUT2D eigenvalue weighted by atomic mass is 35.5. The van der Waals surface area contributed by atoms with Gasteiger partial charge in [0.15, 0.2) is 0 Å². The van der Waals surface area contributed by atoms with Gasteiger partial charge in [0, 0.05) is 6.54 Å². The second-order valence-electron chi connectivity index (χ2n) is 7.70. The second kappa shape index (κ2) is 8.60. The number of aryl methyl sites for hydroxylation is 2. The maximum atomic E-state index is 13.2. The van der Waals surface area contributed by atoms with Crippen LogP contribution in [-0.4, -0.2) is 18.0 Å². The van der Waals surface area contributed by atoms with E-state index in [2.05, 4.69) is 21.8 Å². The molecule has 0 unspecified atom stereocenters. The number of imidazole rings is 1. The molecule has 0 radical (unpaired) electrons. The topological polar surface area (TPSA) is 64.0 Å². The van der Waals surface area contributed by atoms with Crippen molar-refractivity contribution in [3.63, 3.8) is 0 Å². The molecule has 0 aliphatic rings. The molecular formula is C23H20Cl3N3O2S. The molecule has 0 spiro atoms. The van der Waals surface area contributed by atoms with Gasteiger partial charge in [-0.2, -0.15) is 0 Å². The maximum Gasteiger partial charge on any atom is 0.263 e. The van der Waals surface area contributed by atoms with Crippen molar-refractivity contribution in [2.24, 2.45) is 0 Å². The summed E-state index contributed by atoms with van der Waals surface area (Å²) in [7, 11) is -4.04. The Kier molecular flexibility index (Phi) is 6.16. The minimum atomic E-state index is -4.04. The smallest absolute Gasteiger partial charge is 0.263 e. The zero-order valence-corrected chi connectivity index (χ0v) is 20.7. The Morgan fingerprint density at radius 1 is 1.00 bits per heavy atom. The number of anilines is 1. The lowest BCUT2D eigenvalue weighted by Crippen LogP contribution is -2.15. The van der Waals surface area contributed by atoms with Gasteiger partial charge in [0.05, 0.1) is 32.6 Å². The highest BCUT2D eigenvalue weighted by Gasteiger charge is 2.24. The number of hydrogen-bond donors (Lipinski definition) is 1. The second-order valence-corrected chi connectivity index (χ2v) is 10.5. The lowest BCUT2D eigenvalue weighted by molar-refractivity contribution is 0.601. The van der Waals surface area contributed by atoms with Gasteiger partial charge in [-0.25, -0.2) is 13.4 Å². The number of benzene rings is 3. The van der Waals surface area contributed by atoms with Gasteiger partial charge in [-0.15, -0.1) is 0 Å². The van der Waals surface area contributed by atoms with Crippen LogP contribution >= 0.6 is 34.8 Å². The molecule has 4 aromatic rings. The molecule has 0 aliphatic carbocycles. The van der Waals surface area contributed by atoms with Crippen LogP contribution < -0.4 is 4.72 Å². The first kappa shape index (κ1) is 22.9. The summed E-state index contributed by atoms with van der Waals surface area (Å²) in [5, 5.41) is 0.0441. The Bertz CT molecular complexity index is 1460. The monoisotopic (exact) mass is 507 g/mol. The van der Waals surface area contributed by atoms with E-state index in [1.165, 1.54) is 17.7 Å². The lowest BCUT2D eigenvalue weighted by atomic mass is 10.1. The number of halogens is 3. The van der Waals surface area contributed by atoms with E-state index in [9.17, 15) is 8.42 Å². The van der Waals surface area contributed by atoms with Crippen LogP contribution in [0, 0.1) is 20.8 Å². The highest BCUT2D eigenvalue weighted by molar-refractivity contribution is 7.92. The molecule has 0 amide bonds. The van der Waals surface area contributed by atoms with Gasteiger partial charge < -0.3 is 4.57 Å². The largest absolute Gasteiger partial charge is 0.326 e. The summed E-state index contributed by atoms with van der Waals surface area (Å²) in [6, 6.07) is 13.0. The molecule has 0 atom stereocenters. The van der Waals surface area contributed by atoms with Crippen LogP contribution in [0.3, 0.4) is 0 Å². The Balaban J connectivity index is 1.80. The fourth-order valence-electron chi connectivity index (χ4n) is 3.59. The molecule has 0 bridgehead atoms. The van der Waals surface area contributed by atoms with E-state index in [4.69, 9.17) is 34.8 Å². The molecule has 32 heavy (non-hydrogen) atoms. The SMILES string of the molecule is Cc1cccc(Cn2cnc3c(NS(=O)(=O)c4ccc(Cl)c(Cl)c4Cl)c(C)c(C)cc32)c1. The zero-order chi connectivity index (χ0) is 23.2. The molecule has 5 nitrogen and oxygen atoms in total. The molecule has 166 valence electrons. The predicted octanol–water partition coefficient (Wildman–Crippen LogP) is 6.77. The van der Waals surface area contributed by atoms with Gasteiger partial charge in [0.25, 0.3) is 10.0 Å². The van der Waals surface area contributed by atoms with Crippen molar-refractivity contribution in [3.8, 4) is 0 Å². The molecule has 0 fully saturated rings. The van der Waals surface area contributed by atoms with Gasteiger partial charge in [0.1, 0.15) is 10.4 Å². The van der Waals surface area contributed by atoms with E-state index in [-0.39, 0.29) is 20.0 Å². The third kappa shape index (κ3) is 4.20. The molecule has 0 saturated carbocycles. The summed E-state index contributed by atoms with van der Waals surface area (Å²) in [5.74, 6) is 0. The lowest BCUT2D eigenvalue weighted by Gasteiger charge is -2.15. The van der Waals surface area contributed by atoms with Gasteiger partial charge in [-0.05, 0) is 55.7 Å². The van der Waals surface area contributed by atoms with Gasteiger partial charge in [-0.1, -0.05) is 64.6 Å². The van der Waals surface area contributed by atoms with Crippen molar-refractivity contribution in [3.05, 3.63) is 86.1 Å². The number of hydrogen-bond acceptors (Lipinski definition) is 3. The number of fused-ring (bicyclic) bond motifs is 1. The molecule has 0 saturated heterocycles. The van der Waals surface area contributed by atoms with Gasteiger partial charge in [0.2, 0.25) is 0 Å². The minimum absolute atomic E-state index is 0.00949. The normalized spacial score (nSPS) is 11.8. The van der Waals surface area contributed by atoms with Crippen molar-refractivity contribution in [2.75, 3.05) is 4.72 Å². The predicted molar refractivity (Wildman–Crippen MR) is 132 cm³/mol. The van der Waals surface area contributed by atoms with Crippen LogP contribution in [0.2, 0.25) is 15.1 Å². The van der Waals surface area contributed by atoms with Crippen molar-refractivity contribution < 1.29 is 8.42 Å². The fourth-order valence-corrected chi connectivity index (χ4v) is 5.70. The van der Waals surface area contributed by atoms with Gasteiger partial charge in [-0.3, -0.25) is 4.72 Å². The minimum Gasteiger partial charge on any atom is -0.326 e. The summed E-state index contributed by atoms with van der Waals surface area (Å²) < 4.78 is 31.1. The third-order valence-electron chi connectivity index (χ3n) is 5.40. The van der Waals surface area contributed by atoms with Crippen LogP contribution in [0.25, 0.3) is 11.0 Å². The van der Waals surface area contributed by atoms with Crippen LogP contribution in [-0.2, 0) is 16.6 Å². The maximum absolute atomic E-state index is 13.2. The number of rotatable bonds is 5. The molecule has 9 heteroatoms. The van der Waals surface area contributed by atoms with E-state index < -0.39 is 10.0 Å². The molecule has 1 aromatic heterocycles. The Morgan fingerprint density at radius 3 is 2.47 bits per heavy atom. The van der Waals surface area contributed by atoms with Crippen LogP contribution in [0.4, 0.5) is 5.69 Å².